The first-order chi connectivity index (χ1) is 14.2. The molecule has 0 aliphatic carbocycles. The topological polar surface area (TPSA) is 58.2 Å². The smallest absolute Gasteiger partial charge is 0.260 e. The molecule has 0 atom stereocenters. The van der Waals surface area contributed by atoms with Crippen molar-refractivity contribution in [2.45, 2.75) is 13.1 Å². The largest absolute Gasteiger partial charge is 0.492 e. The van der Waals surface area contributed by atoms with Crippen LogP contribution < -0.4 is 10.3 Å². The number of nitrogens with zero attached hydrogens (tertiary/aromatic N) is 2. The van der Waals surface area contributed by atoms with Crippen molar-refractivity contribution < 1.29 is 4.74 Å². The van der Waals surface area contributed by atoms with Gasteiger partial charge in [0.2, 0.25) is 0 Å². The second-order valence-electron chi connectivity index (χ2n) is 6.99. The summed E-state index contributed by atoms with van der Waals surface area (Å²) >= 11 is 7.81. The number of aromatic nitrogens is 2. The van der Waals surface area contributed by atoms with Crippen LogP contribution in [0.5, 0.6) is 5.75 Å². The molecule has 2 aromatic heterocycles. The summed E-state index contributed by atoms with van der Waals surface area (Å²) in [5.74, 6) is 1.59. The van der Waals surface area contributed by atoms with E-state index in [1.54, 1.807) is 0 Å². The number of halogens is 1. The molecule has 1 aliphatic rings. The van der Waals surface area contributed by atoms with Crippen molar-refractivity contribution in [3.63, 3.8) is 0 Å². The van der Waals surface area contributed by atoms with Crippen molar-refractivity contribution in [2.75, 3.05) is 13.2 Å². The standard InChI is InChI=1S/C22H18ClN3O2S/c23-17-7-3-2-6-15(17)16-13-29-22-20(16)21(27)24-19(25-22)12-26-9-10-28-18-8-4-1-5-14(18)11-26/h1-8,13H,9-12H2,(H,24,25,27). The molecule has 29 heavy (non-hydrogen) atoms. The van der Waals surface area contributed by atoms with E-state index in [0.717, 1.165) is 40.4 Å². The van der Waals surface area contributed by atoms with E-state index in [4.69, 9.17) is 21.3 Å². The van der Waals surface area contributed by atoms with Gasteiger partial charge in [-0.15, -0.1) is 11.3 Å². The predicted molar refractivity (Wildman–Crippen MR) is 117 cm³/mol. The molecule has 0 saturated carbocycles. The molecule has 1 N–H and O–H groups in total. The lowest BCUT2D eigenvalue weighted by Crippen LogP contribution is -2.27. The van der Waals surface area contributed by atoms with Gasteiger partial charge in [0.05, 0.1) is 11.9 Å². The molecule has 0 amide bonds. The number of hydrogen-bond acceptors (Lipinski definition) is 5. The minimum Gasteiger partial charge on any atom is -0.492 e. The van der Waals surface area contributed by atoms with Crippen molar-refractivity contribution in [2.24, 2.45) is 0 Å². The molecule has 1 aliphatic heterocycles. The Balaban J connectivity index is 1.47. The number of hydrogen-bond donors (Lipinski definition) is 1. The van der Waals surface area contributed by atoms with Crippen molar-refractivity contribution in [3.8, 4) is 16.9 Å². The third-order valence-electron chi connectivity index (χ3n) is 5.06. The van der Waals surface area contributed by atoms with Crippen LogP contribution in [0.1, 0.15) is 11.4 Å². The maximum atomic E-state index is 12.9. The molecule has 2 aromatic carbocycles. The zero-order valence-electron chi connectivity index (χ0n) is 15.5. The summed E-state index contributed by atoms with van der Waals surface area (Å²) in [6, 6.07) is 15.6. The highest BCUT2D eigenvalue weighted by Crippen LogP contribution is 2.35. The van der Waals surface area contributed by atoms with Gasteiger partial charge >= 0.3 is 0 Å². The van der Waals surface area contributed by atoms with Gasteiger partial charge in [-0.2, -0.15) is 0 Å². The highest BCUT2D eigenvalue weighted by atomic mass is 35.5. The van der Waals surface area contributed by atoms with Gasteiger partial charge in [-0.3, -0.25) is 9.69 Å². The highest BCUT2D eigenvalue weighted by molar-refractivity contribution is 7.17. The molecule has 0 saturated heterocycles. The Bertz CT molecular complexity index is 1250. The molecular formula is C22H18ClN3O2S. The average Bonchev–Trinajstić information content (AvgIpc) is 3.03. The molecular weight excluding hydrogens is 406 g/mol. The molecule has 0 spiro atoms. The molecule has 5 nitrogen and oxygen atoms in total. The summed E-state index contributed by atoms with van der Waals surface area (Å²) in [6.07, 6.45) is 0. The maximum Gasteiger partial charge on any atom is 0.260 e. The fraction of sp³-hybridized carbons (Fsp3) is 0.182. The van der Waals surface area contributed by atoms with Gasteiger partial charge in [0.15, 0.2) is 0 Å². The van der Waals surface area contributed by atoms with Gasteiger partial charge in [0, 0.05) is 40.2 Å². The van der Waals surface area contributed by atoms with Crippen LogP contribution in [0.3, 0.4) is 0 Å². The zero-order valence-corrected chi connectivity index (χ0v) is 17.1. The third kappa shape index (κ3) is 3.55. The van der Waals surface area contributed by atoms with Gasteiger partial charge in [-0.05, 0) is 12.1 Å². The molecule has 0 unspecified atom stereocenters. The van der Waals surface area contributed by atoms with Gasteiger partial charge < -0.3 is 9.72 Å². The van der Waals surface area contributed by atoms with Crippen molar-refractivity contribution in [3.05, 3.63) is 80.7 Å². The second-order valence-corrected chi connectivity index (χ2v) is 8.25. The zero-order chi connectivity index (χ0) is 19.8. The number of fused-ring (bicyclic) bond motifs is 2. The van der Waals surface area contributed by atoms with Crippen LogP contribution in [0.25, 0.3) is 21.3 Å². The number of aromatic amines is 1. The van der Waals surface area contributed by atoms with E-state index >= 15 is 0 Å². The van der Waals surface area contributed by atoms with Crippen LogP contribution in [0.2, 0.25) is 5.02 Å². The SMILES string of the molecule is O=c1[nH]c(CN2CCOc3ccccc3C2)nc2scc(-c3ccccc3Cl)c12. The predicted octanol–water partition coefficient (Wildman–Crippen LogP) is 4.70. The minimum absolute atomic E-state index is 0.132. The van der Waals surface area contributed by atoms with E-state index in [2.05, 4.69) is 16.0 Å². The van der Waals surface area contributed by atoms with Crippen molar-refractivity contribution in [1.29, 1.82) is 0 Å². The van der Waals surface area contributed by atoms with Crippen molar-refractivity contribution >= 4 is 33.2 Å². The molecule has 7 heteroatoms. The first-order valence-corrected chi connectivity index (χ1v) is 10.6. The van der Waals surface area contributed by atoms with Crippen molar-refractivity contribution in [1.82, 2.24) is 14.9 Å². The number of benzene rings is 2. The molecule has 146 valence electrons. The number of ether oxygens (including phenoxy) is 1. The number of rotatable bonds is 3. The Morgan fingerprint density at radius 1 is 1.14 bits per heavy atom. The summed E-state index contributed by atoms with van der Waals surface area (Å²) in [5, 5.41) is 3.17. The van der Waals surface area contributed by atoms with E-state index in [1.165, 1.54) is 11.3 Å². The summed E-state index contributed by atoms with van der Waals surface area (Å²) in [6.45, 7) is 2.69. The Morgan fingerprint density at radius 2 is 1.97 bits per heavy atom. The Kier molecular flexibility index (Phi) is 4.83. The Hall–Kier alpha value is -2.67. The van der Waals surface area contributed by atoms with E-state index in [9.17, 15) is 4.79 Å². The summed E-state index contributed by atoms with van der Waals surface area (Å²) in [4.78, 5) is 23.6. The van der Waals surface area contributed by atoms with Crippen LogP contribution in [-0.4, -0.2) is 28.0 Å². The van der Waals surface area contributed by atoms with E-state index < -0.39 is 0 Å². The van der Waals surface area contributed by atoms with Gasteiger partial charge in [0.1, 0.15) is 23.0 Å². The summed E-state index contributed by atoms with van der Waals surface area (Å²) in [7, 11) is 0. The molecule has 0 bridgehead atoms. The van der Waals surface area contributed by atoms with Gasteiger partial charge in [0.25, 0.3) is 5.56 Å². The first kappa shape index (κ1) is 18.4. The molecule has 4 aromatic rings. The van der Waals surface area contributed by atoms with E-state index in [1.807, 2.05) is 47.8 Å². The molecule has 3 heterocycles. The second kappa shape index (κ2) is 7.63. The normalized spacial score (nSPS) is 14.4. The number of thiophene rings is 1. The minimum atomic E-state index is -0.132. The van der Waals surface area contributed by atoms with Crippen LogP contribution in [-0.2, 0) is 13.1 Å². The van der Waals surface area contributed by atoms with Crippen LogP contribution in [0, 0.1) is 0 Å². The fourth-order valence-electron chi connectivity index (χ4n) is 3.67. The van der Waals surface area contributed by atoms with E-state index in [0.29, 0.717) is 29.4 Å². The number of nitrogens with one attached hydrogen (secondary N) is 1. The van der Waals surface area contributed by atoms with Crippen LogP contribution in [0.15, 0.2) is 58.7 Å². The quantitative estimate of drug-likeness (QED) is 0.519. The number of para-hydroxylation sites is 1. The fourth-order valence-corrected chi connectivity index (χ4v) is 4.87. The van der Waals surface area contributed by atoms with Crippen LogP contribution in [0.4, 0.5) is 0 Å². The maximum absolute atomic E-state index is 12.9. The average molecular weight is 424 g/mol. The lowest BCUT2D eigenvalue weighted by molar-refractivity contribution is 0.215. The summed E-state index contributed by atoms with van der Waals surface area (Å²) in [5.41, 5.74) is 2.69. The monoisotopic (exact) mass is 423 g/mol. The molecule has 0 radical (unpaired) electrons. The lowest BCUT2D eigenvalue weighted by atomic mass is 10.1. The molecule has 5 rings (SSSR count). The van der Waals surface area contributed by atoms with Gasteiger partial charge in [-0.1, -0.05) is 48.0 Å². The molecule has 0 fully saturated rings. The number of H-pyrrole nitrogens is 1. The summed E-state index contributed by atoms with van der Waals surface area (Å²) < 4.78 is 5.83. The van der Waals surface area contributed by atoms with Gasteiger partial charge in [-0.25, -0.2) is 4.98 Å². The van der Waals surface area contributed by atoms with Crippen LogP contribution >= 0.6 is 22.9 Å². The first-order valence-electron chi connectivity index (χ1n) is 9.37. The third-order valence-corrected chi connectivity index (χ3v) is 6.26. The van der Waals surface area contributed by atoms with E-state index in [-0.39, 0.29) is 5.56 Å². The Morgan fingerprint density at radius 3 is 2.86 bits per heavy atom. The highest BCUT2D eigenvalue weighted by Gasteiger charge is 2.18. The lowest BCUT2D eigenvalue weighted by Gasteiger charge is -2.18. The Labute approximate surface area is 176 Å².